The van der Waals surface area contributed by atoms with Crippen LogP contribution in [0.25, 0.3) is 5.65 Å². The number of benzene rings is 1. The third-order valence-electron chi connectivity index (χ3n) is 4.99. The lowest BCUT2D eigenvalue weighted by molar-refractivity contribution is 0.0961. The molecule has 0 fully saturated rings. The number of rotatable bonds is 2. The third kappa shape index (κ3) is 2.47. The summed E-state index contributed by atoms with van der Waals surface area (Å²) in [5, 5.41) is 4.51. The van der Waals surface area contributed by atoms with Gasteiger partial charge in [0.15, 0.2) is 17.2 Å². The van der Waals surface area contributed by atoms with Crippen molar-refractivity contribution >= 4 is 17.2 Å². The van der Waals surface area contributed by atoms with Gasteiger partial charge < -0.3 is 0 Å². The smallest absolute Gasteiger partial charge is 0.166 e. The highest BCUT2D eigenvalue weighted by atomic mass is 16.1. The average molecular weight is 333 g/mol. The molecule has 1 unspecified atom stereocenters. The van der Waals surface area contributed by atoms with Crippen LogP contribution in [-0.2, 0) is 6.42 Å². The first-order chi connectivity index (χ1) is 12.0. The van der Waals surface area contributed by atoms with Gasteiger partial charge in [0.1, 0.15) is 0 Å². The fraction of sp³-hybridized carbons (Fsp3) is 0.300. The largest absolute Gasteiger partial charge is 0.294 e. The van der Waals surface area contributed by atoms with Crippen LogP contribution in [0.1, 0.15) is 62.5 Å². The molecular weight excluding hydrogens is 314 g/mol. The fourth-order valence-electron chi connectivity index (χ4n) is 3.69. The minimum absolute atomic E-state index is 0.0582. The van der Waals surface area contributed by atoms with Crippen LogP contribution in [-0.4, -0.2) is 26.2 Å². The molecule has 0 radical (unpaired) electrons. The second-order valence-corrected chi connectivity index (χ2v) is 6.81. The van der Waals surface area contributed by atoms with E-state index >= 15 is 0 Å². The van der Waals surface area contributed by atoms with Crippen molar-refractivity contribution in [2.24, 2.45) is 0 Å². The van der Waals surface area contributed by atoms with E-state index in [9.17, 15) is 9.59 Å². The molecule has 1 aromatic carbocycles. The molecule has 25 heavy (non-hydrogen) atoms. The Morgan fingerprint density at radius 1 is 1.16 bits per heavy atom. The highest BCUT2D eigenvalue weighted by molar-refractivity contribution is 6.02. The summed E-state index contributed by atoms with van der Waals surface area (Å²) in [6.07, 6.45) is 2.79. The monoisotopic (exact) mass is 333 g/mol. The van der Waals surface area contributed by atoms with Gasteiger partial charge >= 0.3 is 0 Å². The maximum atomic E-state index is 12.7. The van der Waals surface area contributed by atoms with Crippen LogP contribution in [0.2, 0.25) is 0 Å². The Morgan fingerprint density at radius 2 is 1.88 bits per heavy atom. The van der Waals surface area contributed by atoms with E-state index in [0.717, 1.165) is 11.3 Å². The minimum Gasteiger partial charge on any atom is -0.294 e. The zero-order chi connectivity index (χ0) is 17.7. The minimum atomic E-state index is -0.0582. The molecule has 126 valence electrons. The molecule has 2 aromatic heterocycles. The first kappa shape index (κ1) is 15.7. The number of aromatic nitrogens is 3. The second kappa shape index (κ2) is 5.62. The summed E-state index contributed by atoms with van der Waals surface area (Å²) in [7, 11) is 0. The van der Waals surface area contributed by atoms with Crippen LogP contribution in [0, 0.1) is 13.8 Å². The third-order valence-corrected chi connectivity index (χ3v) is 4.99. The predicted molar refractivity (Wildman–Crippen MR) is 94.3 cm³/mol. The molecule has 0 saturated carbocycles. The van der Waals surface area contributed by atoms with Crippen molar-refractivity contribution in [3.63, 3.8) is 0 Å². The van der Waals surface area contributed by atoms with Crippen molar-refractivity contribution in [3.05, 3.63) is 64.1 Å². The summed E-state index contributed by atoms with van der Waals surface area (Å²) >= 11 is 0. The van der Waals surface area contributed by atoms with Gasteiger partial charge in [-0.1, -0.05) is 29.8 Å². The highest BCUT2D eigenvalue weighted by Crippen LogP contribution is 2.33. The van der Waals surface area contributed by atoms with E-state index in [-0.39, 0.29) is 17.5 Å². The van der Waals surface area contributed by atoms with E-state index in [4.69, 9.17) is 0 Å². The van der Waals surface area contributed by atoms with Crippen molar-refractivity contribution in [1.29, 1.82) is 0 Å². The van der Waals surface area contributed by atoms with E-state index in [2.05, 4.69) is 41.3 Å². The van der Waals surface area contributed by atoms with Gasteiger partial charge in [0.05, 0.1) is 22.5 Å². The number of Topliss-reactive ketones (excluding diaryl/α,β-unsaturated/α-hetero) is 2. The fourth-order valence-corrected chi connectivity index (χ4v) is 3.69. The van der Waals surface area contributed by atoms with Gasteiger partial charge in [-0.25, -0.2) is 9.50 Å². The molecule has 1 atom stereocenters. The molecule has 4 rings (SSSR count). The number of hydrogen-bond donors (Lipinski definition) is 0. The quantitative estimate of drug-likeness (QED) is 0.674. The molecule has 1 aliphatic rings. The van der Waals surface area contributed by atoms with Crippen LogP contribution >= 0.6 is 0 Å². The lowest BCUT2D eigenvalue weighted by atomic mass is 9.82. The van der Waals surface area contributed by atoms with Crippen molar-refractivity contribution in [1.82, 2.24) is 14.6 Å². The maximum Gasteiger partial charge on any atom is 0.166 e. The number of aryl methyl sites for hydroxylation is 2. The molecule has 0 N–H and O–H groups in total. The molecule has 0 saturated heterocycles. The van der Waals surface area contributed by atoms with Crippen LogP contribution in [0.4, 0.5) is 0 Å². The summed E-state index contributed by atoms with van der Waals surface area (Å²) in [6, 6.07) is 8.32. The van der Waals surface area contributed by atoms with Gasteiger partial charge in [0.2, 0.25) is 0 Å². The van der Waals surface area contributed by atoms with E-state index in [0.29, 0.717) is 35.3 Å². The Hall–Kier alpha value is -2.82. The Labute approximate surface area is 145 Å². The van der Waals surface area contributed by atoms with Crippen molar-refractivity contribution in [3.8, 4) is 0 Å². The number of fused-ring (bicyclic) bond motifs is 3. The van der Waals surface area contributed by atoms with Gasteiger partial charge in [0, 0.05) is 12.6 Å². The number of carbonyl (C=O) groups excluding carboxylic acids is 2. The number of carbonyl (C=O) groups is 2. The lowest BCUT2D eigenvalue weighted by Gasteiger charge is -2.24. The Kier molecular flexibility index (Phi) is 3.53. The van der Waals surface area contributed by atoms with E-state index in [1.54, 1.807) is 17.6 Å². The number of ketones is 2. The number of nitrogens with zero attached hydrogens (tertiary/aromatic N) is 3. The summed E-state index contributed by atoms with van der Waals surface area (Å²) in [5.74, 6) is 0.146. The summed E-state index contributed by atoms with van der Waals surface area (Å²) in [5.41, 5.74) is 5.56. The Bertz CT molecular complexity index is 1020. The van der Waals surface area contributed by atoms with E-state index in [1.807, 2.05) is 0 Å². The SMILES string of the molecule is CC(=O)c1c(C)nn2c3c(cnc12)C(=O)CC(c1ccc(C)cc1)C3. The van der Waals surface area contributed by atoms with Gasteiger partial charge in [-0.3, -0.25) is 9.59 Å². The first-order valence-electron chi connectivity index (χ1n) is 8.43. The molecule has 2 heterocycles. The molecule has 5 heteroatoms. The van der Waals surface area contributed by atoms with Crippen molar-refractivity contribution in [2.75, 3.05) is 0 Å². The highest BCUT2D eigenvalue weighted by Gasteiger charge is 2.30. The van der Waals surface area contributed by atoms with Crippen LogP contribution in [0.3, 0.4) is 0 Å². The van der Waals surface area contributed by atoms with E-state index in [1.165, 1.54) is 12.5 Å². The van der Waals surface area contributed by atoms with Crippen LogP contribution in [0.5, 0.6) is 0 Å². The summed E-state index contributed by atoms with van der Waals surface area (Å²) in [6.45, 7) is 5.38. The predicted octanol–water partition coefficient (Wildman–Crippen LogP) is 3.46. The first-order valence-corrected chi connectivity index (χ1v) is 8.43. The zero-order valence-corrected chi connectivity index (χ0v) is 14.5. The molecule has 0 amide bonds. The van der Waals surface area contributed by atoms with Gasteiger partial charge in [-0.2, -0.15) is 5.10 Å². The summed E-state index contributed by atoms with van der Waals surface area (Å²) < 4.78 is 1.69. The topological polar surface area (TPSA) is 64.3 Å². The molecule has 1 aliphatic carbocycles. The molecule has 0 bridgehead atoms. The average Bonchev–Trinajstić information content (AvgIpc) is 2.92. The summed E-state index contributed by atoms with van der Waals surface area (Å²) in [4.78, 5) is 28.9. The van der Waals surface area contributed by atoms with E-state index < -0.39 is 0 Å². The molecule has 0 spiro atoms. The van der Waals surface area contributed by atoms with Crippen LogP contribution in [0.15, 0.2) is 30.5 Å². The Balaban J connectivity index is 1.86. The maximum absolute atomic E-state index is 12.7. The van der Waals surface area contributed by atoms with Crippen molar-refractivity contribution in [2.45, 2.75) is 39.5 Å². The molecule has 5 nitrogen and oxygen atoms in total. The normalized spacial score (nSPS) is 16.9. The standard InChI is InChI=1S/C20H19N3O2/c1-11-4-6-14(7-5-11)15-8-17-16(18(25)9-15)10-21-20-19(13(3)24)12(2)22-23(17)20/h4-7,10,15H,8-9H2,1-3H3. The lowest BCUT2D eigenvalue weighted by Crippen LogP contribution is -2.22. The van der Waals surface area contributed by atoms with Gasteiger partial charge in [0.25, 0.3) is 0 Å². The number of hydrogen-bond acceptors (Lipinski definition) is 4. The molecule has 3 aromatic rings. The van der Waals surface area contributed by atoms with Crippen LogP contribution < -0.4 is 0 Å². The Morgan fingerprint density at radius 3 is 2.56 bits per heavy atom. The van der Waals surface area contributed by atoms with Gasteiger partial charge in [-0.15, -0.1) is 0 Å². The zero-order valence-electron chi connectivity index (χ0n) is 14.5. The molecule has 0 aliphatic heterocycles. The molecular formula is C20H19N3O2. The van der Waals surface area contributed by atoms with Crippen molar-refractivity contribution < 1.29 is 9.59 Å². The second-order valence-electron chi connectivity index (χ2n) is 6.81. The van der Waals surface area contributed by atoms with Gasteiger partial charge in [-0.05, 0) is 38.7 Å².